The number of rotatable bonds is 3. The van der Waals surface area contributed by atoms with Crippen molar-refractivity contribution >= 4 is 11.9 Å². The first-order valence-electron chi connectivity index (χ1n) is 5.34. The molecule has 0 saturated heterocycles. The van der Waals surface area contributed by atoms with Crippen LogP contribution in [0.2, 0.25) is 0 Å². The molecule has 0 spiro atoms. The first kappa shape index (κ1) is 12.0. The van der Waals surface area contributed by atoms with Gasteiger partial charge in [-0.2, -0.15) is 0 Å². The van der Waals surface area contributed by atoms with Gasteiger partial charge in [-0.15, -0.1) is 0 Å². The third-order valence-electron chi connectivity index (χ3n) is 2.80. The van der Waals surface area contributed by atoms with Crippen LogP contribution >= 0.6 is 0 Å². The maximum absolute atomic E-state index is 11.2. The Balaban J connectivity index is 2.65. The average Bonchev–Trinajstić information content (AvgIpc) is 2.17. The summed E-state index contributed by atoms with van der Waals surface area (Å²) >= 11 is 0. The summed E-state index contributed by atoms with van der Waals surface area (Å²) in [6.45, 7) is 1.52. The number of hydrogen-bond acceptors (Lipinski definition) is 4. The largest absolute Gasteiger partial charge is 0.508 e. The van der Waals surface area contributed by atoms with E-state index in [1.165, 1.54) is 14.0 Å². The van der Waals surface area contributed by atoms with Crippen LogP contribution in [-0.2, 0) is 14.3 Å². The Kier molecular flexibility index (Phi) is 4.12. The van der Waals surface area contributed by atoms with Crippen molar-refractivity contribution in [2.45, 2.75) is 51.0 Å². The van der Waals surface area contributed by atoms with Crippen LogP contribution in [0, 0.1) is 0 Å². The second-order valence-electron chi connectivity index (χ2n) is 4.18. The highest BCUT2D eigenvalue weighted by Crippen LogP contribution is 2.35. The van der Waals surface area contributed by atoms with Gasteiger partial charge >= 0.3 is 6.16 Å². The summed E-state index contributed by atoms with van der Waals surface area (Å²) in [6, 6.07) is 0. The predicted octanol–water partition coefficient (Wildman–Crippen LogP) is 2.45. The summed E-state index contributed by atoms with van der Waals surface area (Å²) in [6.07, 6.45) is 4.31. The van der Waals surface area contributed by atoms with Crippen LogP contribution in [0.1, 0.15) is 45.4 Å². The van der Waals surface area contributed by atoms with Gasteiger partial charge in [-0.1, -0.05) is 6.42 Å². The molecule has 0 heterocycles. The number of Topliss-reactive ketones (excluding diaryl/α,β-unsaturated/α-hetero) is 1. The van der Waals surface area contributed by atoms with Crippen LogP contribution in [0.25, 0.3) is 0 Å². The SMILES string of the molecule is COC(=O)OC1(CC(C)=O)CCCCC1. The van der Waals surface area contributed by atoms with Crippen LogP contribution in [-0.4, -0.2) is 24.6 Å². The molecule has 0 atom stereocenters. The van der Waals surface area contributed by atoms with E-state index in [9.17, 15) is 9.59 Å². The van der Waals surface area contributed by atoms with Crippen LogP contribution < -0.4 is 0 Å². The van der Waals surface area contributed by atoms with Gasteiger partial charge in [-0.25, -0.2) is 4.79 Å². The third-order valence-corrected chi connectivity index (χ3v) is 2.80. The molecule has 1 aliphatic carbocycles. The Morgan fingerprint density at radius 2 is 1.80 bits per heavy atom. The van der Waals surface area contributed by atoms with Crippen molar-refractivity contribution in [1.82, 2.24) is 0 Å². The second kappa shape index (κ2) is 5.14. The Labute approximate surface area is 89.9 Å². The van der Waals surface area contributed by atoms with Crippen LogP contribution in [0.15, 0.2) is 0 Å². The molecular weight excluding hydrogens is 196 g/mol. The van der Waals surface area contributed by atoms with E-state index in [2.05, 4.69) is 4.74 Å². The molecule has 0 aliphatic heterocycles. The fourth-order valence-corrected chi connectivity index (χ4v) is 2.18. The zero-order valence-corrected chi connectivity index (χ0v) is 9.38. The lowest BCUT2D eigenvalue weighted by molar-refractivity contribution is -0.124. The fraction of sp³-hybridized carbons (Fsp3) is 0.818. The highest BCUT2D eigenvalue weighted by molar-refractivity contribution is 5.77. The minimum absolute atomic E-state index is 0.0563. The molecule has 0 unspecified atom stereocenters. The van der Waals surface area contributed by atoms with E-state index in [1.807, 2.05) is 0 Å². The molecule has 0 aromatic carbocycles. The highest BCUT2D eigenvalue weighted by atomic mass is 16.7. The normalized spacial score (nSPS) is 19.3. The summed E-state index contributed by atoms with van der Waals surface area (Å²) in [7, 11) is 1.28. The topological polar surface area (TPSA) is 52.6 Å². The van der Waals surface area contributed by atoms with E-state index < -0.39 is 11.8 Å². The lowest BCUT2D eigenvalue weighted by atomic mass is 9.81. The van der Waals surface area contributed by atoms with Crippen molar-refractivity contribution in [3.8, 4) is 0 Å². The Morgan fingerprint density at radius 3 is 2.27 bits per heavy atom. The van der Waals surface area contributed by atoms with Crippen LogP contribution in [0.4, 0.5) is 4.79 Å². The molecule has 1 fully saturated rings. The van der Waals surface area contributed by atoms with Gasteiger partial charge in [0.15, 0.2) is 0 Å². The minimum atomic E-state index is -0.682. The number of carbonyl (C=O) groups is 2. The molecule has 1 rings (SSSR count). The van der Waals surface area contributed by atoms with Gasteiger partial charge in [-0.3, -0.25) is 4.79 Å². The number of carbonyl (C=O) groups excluding carboxylic acids is 2. The summed E-state index contributed by atoms with van der Waals surface area (Å²) < 4.78 is 9.74. The van der Waals surface area contributed by atoms with Gasteiger partial charge in [0.1, 0.15) is 11.4 Å². The van der Waals surface area contributed by atoms with E-state index in [1.54, 1.807) is 0 Å². The molecule has 0 aromatic heterocycles. The Morgan fingerprint density at radius 1 is 1.20 bits per heavy atom. The van der Waals surface area contributed by atoms with E-state index in [4.69, 9.17) is 4.74 Å². The Hall–Kier alpha value is -1.06. The molecule has 15 heavy (non-hydrogen) atoms. The second-order valence-corrected chi connectivity index (χ2v) is 4.18. The molecular formula is C11H18O4. The summed E-state index contributed by atoms with van der Waals surface area (Å²) in [5.74, 6) is 0.0563. The maximum atomic E-state index is 11.2. The molecule has 0 N–H and O–H groups in total. The average molecular weight is 214 g/mol. The van der Waals surface area contributed by atoms with Crippen LogP contribution in [0.5, 0.6) is 0 Å². The summed E-state index contributed by atoms with van der Waals surface area (Å²) in [4.78, 5) is 22.3. The zero-order chi connectivity index (χ0) is 11.3. The van der Waals surface area contributed by atoms with E-state index in [-0.39, 0.29) is 5.78 Å². The standard InChI is InChI=1S/C11H18O4/c1-9(12)8-11(15-10(13)14-2)6-4-3-5-7-11/h3-8H2,1-2H3. The van der Waals surface area contributed by atoms with Gasteiger partial charge in [0, 0.05) is 6.42 Å². The van der Waals surface area contributed by atoms with Gasteiger partial charge < -0.3 is 9.47 Å². The van der Waals surface area contributed by atoms with Crippen molar-refractivity contribution in [2.75, 3.05) is 7.11 Å². The quantitative estimate of drug-likeness (QED) is 0.677. The first-order chi connectivity index (χ1) is 7.08. The zero-order valence-electron chi connectivity index (χ0n) is 9.38. The summed E-state index contributed by atoms with van der Waals surface area (Å²) in [5.41, 5.74) is -0.600. The smallest absolute Gasteiger partial charge is 0.438 e. The van der Waals surface area contributed by atoms with Crippen molar-refractivity contribution in [2.24, 2.45) is 0 Å². The molecule has 1 aliphatic rings. The number of hydrogen-bond donors (Lipinski definition) is 0. The van der Waals surface area contributed by atoms with Crippen molar-refractivity contribution in [1.29, 1.82) is 0 Å². The molecule has 4 nitrogen and oxygen atoms in total. The van der Waals surface area contributed by atoms with Gasteiger partial charge in [0.05, 0.1) is 7.11 Å². The highest BCUT2D eigenvalue weighted by Gasteiger charge is 2.37. The predicted molar refractivity (Wildman–Crippen MR) is 54.6 cm³/mol. The molecule has 86 valence electrons. The molecule has 0 amide bonds. The molecule has 0 radical (unpaired) electrons. The van der Waals surface area contributed by atoms with Crippen molar-refractivity contribution in [3.05, 3.63) is 0 Å². The lowest BCUT2D eigenvalue weighted by Gasteiger charge is -2.35. The van der Waals surface area contributed by atoms with Gasteiger partial charge in [0.25, 0.3) is 0 Å². The van der Waals surface area contributed by atoms with E-state index in [0.29, 0.717) is 6.42 Å². The van der Waals surface area contributed by atoms with Crippen molar-refractivity contribution in [3.63, 3.8) is 0 Å². The minimum Gasteiger partial charge on any atom is -0.438 e. The molecule has 1 saturated carbocycles. The van der Waals surface area contributed by atoms with Gasteiger partial charge in [0.2, 0.25) is 0 Å². The van der Waals surface area contributed by atoms with Gasteiger partial charge in [-0.05, 0) is 32.6 Å². The number of ether oxygens (including phenoxy) is 2. The molecule has 4 heteroatoms. The number of methoxy groups -OCH3 is 1. The lowest BCUT2D eigenvalue weighted by Crippen LogP contribution is -2.39. The number of ketones is 1. The third kappa shape index (κ3) is 3.53. The van der Waals surface area contributed by atoms with E-state index >= 15 is 0 Å². The monoisotopic (exact) mass is 214 g/mol. The molecule has 0 aromatic rings. The fourth-order valence-electron chi connectivity index (χ4n) is 2.18. The first-order valence-corrected chi connectivity index (χ1v) is 5.34. The van der Waals surface area contributed by atoms with Crippen molar-refractivity contribution < 1.29 is 19.1 Å². The van der Waals surface area contributed by atoms with E-state index in [0.717, 1.165) is 32.1 Å². The Bertz CT molecular complexity index is 241. The summed E-state index contributed by atoms with van der Waals surface area (Å²) in [5, 5.41) is 0. The molecule has 0 bridgehead atoms. The van der Waals surface area contributed by atoms with Crippen LogP contribution in [0.3, 0.4) is 0 Å². The maximum Gasteiger partial charge on any atom is 0.508 e.